The van der Waals surface area contributed by atoms with Crippen molar-refractivity contribution in [2.24, 2.45) is 0 Å². The number of hydrogen-bond acceptors (Lipinski definition) is 5. The molecule has 8 aromatic carbocycles. The van der Waals surface area contributed by atoms with Gasteiger partial charge in [-0.2, -0.15) is 5.26 Å². The summed E-state index contributed by atoms with van der Waals surface area (Å²) in [7, 11) is 0. The lowest BCUT2D eigenvalue weighted by molar-refractivity contribution is 1.13. The van der Waals surface area contributed by atoms with E-state index in [1.807, 2.05) is 109 Å². The molecule has 0 aliphatic rings. The van der Waals surface area contributed by atoms with Crippen molar-refractivity contribution in [1.29, 1.82) is 5.26 Å². The summed E-state index contributed by atoms with van der Waals surface area (Å²) < 4.78 is 2.31. The third kappa shape index (κ3) is 7.00. The number of aromatic nitrogens is 5. The van der Waals surface area contributed by atoms with Crippen molar-refractivity contribution >= 4 is 21.8 Å². The van der Waals surface area contributed by atoms with E-state index in [2.05, 4.69) is 120 Å². The minimum Gasteiger partial charge on any atom is -0.308 e. The molecule has 0 atom stereocenters. The van der Waals surface area contributed by atoms with Gasteiger partial charge in [-0.25, -0.2) is 19.9 Å². The van der Waals surface area contributed by atoms with Gasteiger partial charge in [0.05, 0.1) is 51.1 Å². The first-order chi connectivity index (χ1) is 31.2. The molecular weight excluding hydrogens is 769 g/mol. The normalized spacial score (nSPS) is 11.2. The second kappa shape index (κ2) is 16.0. The Kier molecular flexibility index (Phi) is 9.45. The van der Waals surface area contributed by atoms with Crippen LogP contribution in [0.2, 0.25) is 0 Å². The minimum absolute atomic E-state index is 0.574. The van der Waals surface area contributed by atoms with Crippen molar-refractivity contribution < 1.29 is 0 Å². The highest BCUT2D eigenvalue weighted by Gasteiger charge is 2.22. The van der Waals surface area contributed by atoms with E-state index in [9.17, 15) is 5.26 Å². The Labute approximate surface area is 364 Å². The minimum atomic E-state index is 0.574. The van der Waals surface area contributed by atoms with E-state index in [-0.39, 0.29) is 0 Å². The highest BCUT2D eigenvalue weighted by Crippen LogP contribution is 2.40. The van der Waals surface area contributed by atoms with Crippen molar-refractivity contribution in [3.05, 3.63) is 224 Å². The molecule has 6 nitrogen and oxygen atoms in total. The Balaban J connectivity index is 1.21. The summed E-state index contributed by atoms with van der Waals surface area (Å²) in [6.45, 7) is 0. The molecule has 11 aromatic rings. The Morgan fingerprint density at radius 2 is 0.810 bits per heavy atom. The Morgan fingerprint density at radius 1 is 0.333 bits per heavy atom. The standard InChI is InChI=1S/C57H36N6/c58-37-44-25-13-14-26-45(44)42-29-31-47-46-27-15-16-28-53(46)63(55(47)34-42)54-32-30-43(52-36-49(38-17-5-1-6-18-38)59-56(60-52)41-23-11-4-12-24-41)33-48(54)57-61-50(39-19-7-2-8-20-39)35-51(62-57)40-21-9-3-10-22-40/h1-36H. The lowest BCUT2D eigenvalue weighted by atomic mass is 9.99. The lowest BCUT2D eigenvalue weighted by Gasteiger charge is -2.17. The number of para-hydroxylation sites is 1. The van der Waals surface area contributed by atoms with Gasteiger partial charge in [0.2, 0.25) is 0 Å². The molecule has 0 saturated heterocycles. The van der Waals surface area contributed by atoms with Gasteiger partial charge in [0.25, 0.3) is 0 Å². The SMILES string of the molecule is N#Cc1ccccc1-c1ccc2c3ccccc3n(-c3ccc(-c4cc(-c5ccccc5)nc(-c5ccccc5)n4)cc3-c3nc(-c4ccccc4)cc(-c4ccccc4)n3)c2c1. The maximum absolute atomic E-state index is 10.1. The van der Waals surface area contributed by atoms with Crippen molar-refractivity contribution in [3.63, 3.8) is 0 Å². The molecule has 0 radical (unpaired) electrons. The van der Waals surface area contributed by atoms with Gasteiger partial charge in [0, 0.05) is 44.2 Å². The Bertz CT molecular complexity index is 3390. The fraction of sp³-hybridized carbons (Fsp3) is 0. The van der Waals surface area contributed by atoms with Gasteiger partial charge in [-0.15, -0.1) is 0 Å². The van der Waals surface area contributed by atoms with Crippen LogP contribution in [-0.2, 0) is 0 Å². The number of fused-ring (bicyclic) bond motifs is 3. The van der Waals surface area contributed by atoms with Crippen LogP contribution < -0.4 is 0 Å². The molecule has 0 saturated carbocycles. The van der Waals surface area contributed by atoms with Gasteiger partial charge in [0.1, 0.15) is 0 Å². The molecule has 3 heterocycles. The molecule has 0 aliphatic heterocycles. The van der Waals surface area contributed by atoms with E-state index in [1.54, 1.807) is 0 Å². The second-order valence-corrected chi connectivity index (χ2v) is 15.4. The van der Waals surface area contributed by atoms with E-state index in [1.165, 1.54) is 0 Å². The highest BCUT2D eigenvalue weighted by molar-refractivity contribution is 6.11. The van der Waals surface area contributed by atoms with E-state index in [4.69, 9.17) is 19.9 Å². The predicted molar refractivity (Wildman–Crippen MR) is 255 cm³/mol. The van der Waals surface area contributed by atoms with Crippen LogP contribution in [0.25, 0.3) is 106 Å². The van der Waals surface area contributed by atoms with Crippen LogP contribution in [0.4, 0.5) is 0 Å². The quantitative estimate of drug-likeness (QED) is 0.153. The summed E-state index contributed by atoms with van der Waals surface area (Å²) in [5.74, 6) is 1.21. The third-order valence-corrected chi connectivity index (χ3v) is 11.5. The molecule has 294 valence electrons. The number of hydrogen-bond donors (Lipinski definition) is 0. The van der Waals surface area contributed by atoms with Gasteiger partial charge in [0.15, 0.2) is 11.6 Å². The van der Waals surface area contributed by atoms with Crippen LogP contribution in [0.15, 0.2) is 218 Å². The zero-order valence-corrected chi connectivity index (χ0v) is 34.0. The monoisotopic (exact) mass is 804 g/mol. The van der Waals surface area contributed by atoms with Crippen LogP contribution in [0.1, 0.15) is 5.56 Å². The number of nitriles is 1. The Hall–Kier alpha value is -8.79. The third-order valence-electron chi connectivity index (χ3n) is 11.5. The van der Waals surface area contributed by atoms with Crippen LogP contribution in [0.5, 0.6) is 0 Å². The molecule has 0 fully saturated rings. The summed E-state index contributed by atoms with van der Waals surface area (Å²) in [5, 5.41) is 12.3. The first-order valence-electron chi connectivity index (χ1n) is 20.9. The van der Waals surface area contributed by atoms with Crippen LogP contribution in [0.3, 0.4) is 0 Å². The van der Waals surface area contributed by atoms with Gasteiger partial charge in [-0.05, 0) is 53.6 Å². The van der Waals surface area contributed by atoms with Crippen molar-refractivity contribution in [2.75, 3.05) is 0 Å². The number of benzene rings is 8. The first-order valence-corrected chi connectivity index (χ1v) is 20.9. The fourth-order valence-electron chi connectivity index (χ4n) is 8.45. The molecule has 6 heteroatoms. The van der Waals surface area contributed by atoms with Gasteiger partial charge < -0.3 is 4.57 Å². The topological polar surface area (TPSA) is 80.3 Å². The summed E-state index contributed by atoms with van der Waals surface area (Å²) in [6, 6.07) is 76.6. The maximum atomic E-state index is 10.1. The summed E-state index contributed by atoms with van der Waals surface area (Å²) >= 11 is 0. The zero-order valence-electron chi connectivity index (χ0n) is 34.0. The van der Waals surface area contributed by atoms with E-state index in [0.29, 0.717) is 17.2 Å². The van der Waals surface area contributed by atoms with Crippen molar-refractivity contribution in [3.8, 4) is 90.7 Å². The molecule has 0 N–H and O–H groups in total. The van der Waals surface area contributed by atoms with E-state index in [0.717, 1.165) is 94.8 Å². The molecular formula is C57H36N6. The molecule has 0 unspecified atom stereocenters. The molecule has 0 amide bonds. The predicted octanol–water partition coefficient (Wildman–Crippen LogP) is 13.9. The van der Waals surface area contributed by atoms with E-state index >= 15 is 0 Å². The lowest BCUT2D eigenvalue weighted by Crippen LogP contribution is -2.03. The fourth-order valence-corrected chi connectivity index (χ4v) is 8.45. The smallest absolute Gasteiger partial charge is 0.162 e. The maximum Gasteiger partial charge on any atom is 0.162 e. The first kappa shape index (κ1) is 37.2. The van der Waals surface area contributed by atoms with Gasteiger partial charge >= 0.3 is 0 Å². The Morgan fingerprint density at radius 3 is 1.41 bits per heavy atom. The summed E-state index contributed by atoms with van der Waals surface area (Å²) in [5.41, 5.74) is 14.3. The van der Waals surface area contributed by atoms with Crippen molar-refractivity contribution in [2.45, 2.75) is 0 Å². The molecule has 3 aromatic heterocycles. The van der Waals surface area contributed by atoms with Crippen molar-refractivity contribution in [1.82, 2.24) is 24.5 Å². The van der Waals surface area contributed by atoms with Gasteiger partial charge in [-0.3, -0.25) is 0 Å². The molecule has 0 spiro atoms. The second-order valence-electron chi connectivity index (χ2n) is 15.4. The molecule has 0 aliphatic carbocycles. The molecule has 0 bridgehead atoms. The van der Waals surface area contributed by atoms with Crippen LogP contribution in [-0.4, -0.2) is 24.5 Å². The summed E-state index contributed by atoms with van der Waals surface area (Å²) in [6.07, 6.45) is 0. The zero-order chi connectivity index (χ0) is 42.1. The summed E-state index contributed by atoms with van der Waals surface area (Å²) in [4.78, 5) is 21.1. The average molecular weight is 805 g/mol. The highest BCUT2D eigenvalue weighted by atomic mass is 15.0. The van der Waals surface area contributed by atoms with E-state index < -0.39 is 0 Å². The van der Waals surface area contributed by atoms with Gasteiger partial charge in [-0.1, -0.05) is 176 Å². The molecule has 11 rings (SSSR count). The largest absolute Gasteiger partial charge is 0.308 e. The molecule has 63 heavy (non-hydrogen) atoms. The average Bonchev–Trinajstić information content (AvgIpc) is 3.70. The van der Waals surface area contributed by atoms with Crippen LogP contribution >= 0.6 is 0 Å². The number of rotatable bonds is 8. The van der Waals surface area contributed by atoms with Crippen LogP contribution in [0, 0.1) is 11.3 Å². The number of nitrogens with zero attached hydrogens (tertiary/aromatic N) is 6.